The monoisotopic (exact) mass is 500 g/mol. The van der Waals surface area contributed by atoms with Crippen molar-refractivity contribution in [3.8, 4) is 5.75 Å². The smallest absolute Gasteiger partial charge is 0.296 e. The molecule has 4 rings (SSSR count). The molecule has 0 saturated carbocycles. The van der Waals surface area contributed by atoms with Crippen LogP contribution in [0, 0.1) is 0 Å². The first kappa shape index (κ1) is 23.7. The highest BCUT2D eigenvalue weighted by atomic mass is 35.5. The molecule has 1 amide bonds. The Morgan fingerprint density at radius 2 is 1.76 bits per heavy atom. The van der Waals surface area contributed by atoms with Gasteiger partial charge in [-0.25, -0.2) is 0 Å². The number of rotatable bonds is 6. The number of ketones is 1. The molecule has 0 radical (unpaired) electrons. The molecule has 0 aliphatic carbocycles. The highest BCUT2D eigenvalue weighted by molar-refractivity contribution is 6.46. The van der Waals surface area contributed by atoms with Crippen molar-refractivity contribution in [2.75, 3.05) is 26.1 Å². The fourth-order valence-electron chi connectivity index (χ4n) is 3.96. The molecule has 34 heavy (non-hydrogen) atoms. The average molecular weight is 501 g/mol. The topological polar surface area (TPSA) is 83.2 Å². The van der Waals surface area contributed by atoms with Crippen molar-refractivity contribution in [3.05, 3.63) is 87.3 Å². The number of likely N-dealkylation sites (tertiary alicyclic amines) is 1. The molecule has 176 valence electrons. The summed E-state index contributed by atoms with van der Waals surface area (Å²) in [7, 11) is 5.24. The Bertz CT molecular complexity index is 1240. The SMILES string of the molecule is COc1c(Cl)cc(/C(O)=C2\C(=O)C(=O)N(Cc3ccco3)C2c2ccc(N(C)C)cc2)cc1Cl. The lowest BCUT2D eigenvalue weighted by molar-refractivity contribution is -0.140. The molecule has 3 aromatic rings. The van der Waals surface area contributed by atoms with Crippen LogP contribution in [0.1, 0.15) is 22.9 Å². The Kier molecular flexibility index (Phi) is 6.59. The van der Waals surface area contributed by atoms with Gasteiger partial charge in [0.25, 0.3) is 11.7 Å². The highest BCUT2D eigenvalue weighted by Gasteiger charge is 2.46. The summed E-state index contributed by atoms with van der Waals surface area (Å²) in [6, 6.07) is 12.8. The van der Waals surface area contributed by atoms with E-state index in [1.165, 1.54) is 30.4 Å². The summed E-state index contributed by atoms with van der Waals surface area (Å²) in [6.45, 7) is 0.0541. The maximum absolute atomic E-state index is 13.2. The minimum atomic E-state index is -0.846. The van der Waals surface area contributed by atoms with E-state index >= 15 is 0 Å². The van der Waals surface area contributed by atoms with Crippen molar-refractivity contribution in [2.24, 2.45) is 0 Å². The molecule has 2 heterocycles. The van der Waals surface area contributed by atoms with E-state index in [1.807, 2.05) is 43.3 Å². The molecule has 1 atom stereocenters. The van der Waals surface area contributed by atoms with Crippen LogP contribution in [0.4, 0.5) is 5.69 Å². The number of ether oxygens (including phenoxy) is 1. The van der Waals surface area contributed by atoms with Gasteiger partial charge in [-0.05, 0) is 42.0 Å². The molecule has 0 spiro atoms. The number of carbonyl (C=O) groups is 2. The van der Waals surface area contributed by atoms with Crippen LogP contribution >= 0.6 is 23.2 Å². The number of nitrogens with zero attached hydrogens (tertiary/aromatic N) is 2. The largest absolute Gasteiger partial charge is 0.507 e. The lowest BCUT2D eigenvalue weighted by Crippen LogP contribution is -2.29. The Morgan fingerprint density at radius 1 is 1.12 bits per heavy atom. The molecule has 9 heteroatoms. The number of furan rings is 1. The van der Waals surface area contributed by atoms with Crippen LogP contribution in [-0.2, 0) is 16.1 Å². The molecule has 1 fully saturated rings. The van der Waals surface area contributed by atoms with Gasteiger partial charge in [-0.3, -0.25) is 9.59 Å². The van der Waals surface area contributed by atoms with Gasteiger partial charge < -0.3 is 24.1 Å². The van der Waals surface area contributed by atoms with Gasteiger partial charge in [-0.15, -0.1) is 0 Å². The van der Waals surface area contributed by atoms with Gasteiger partial charge in [0, 0.05) is 25.3 Å². The lowest BCUT2D eigenvalue weighted by atomic mass is 9.95. The van der Waals surface area contributed by atoms with E-state index in [1.54, 1.807) is 12.1 Å². The van der Waals surface area contributed by atoms with Crippen molar-refractivity contribution in [2.45, 2.75) is 12.6 Å². The maximum atomic E-state index is 13.2. The summed E-state index contributed by atoms with van der Waals surface area (Å²) >= 11 is 12.5. The minimum absolute atomic E-state index is 0.0541. The highest BCUT2D eigenvalue weighted by Crippen LogP contribution is 2.42. The number of Topliss-reactive ketones (excluding diaryl/α,β-unsaturated/α-hetero) is 1. The molecule has 0 bridgehead atoms. The van der Waals surface area contributed by atoms with E-state index in [0.717, 1.165) is 5.69 Å². The molecule has 1 aliphatic rings. The maximum Gasteiger partial charge on any atom is 0.296 e. The van der Waals surface area contributed by atoms with Crippen molar-refractivity contribution in [3.63, 3.8) is 0 Å². The van der Waals surface area contributed by atoms with Crippen molar-refractivity contribution < 1.29 is 23.8 Å². The second-order valence-corrected chi connectivity index (χ2v) is 8.78. The number of anilines is 1. The van der Waals surface area contributed by atoms with E-state index in [0.29, 0.717) is 11.3 Å². The van der Waals surface area contributed by atoms with E-state index in [4.69, 9.17) is 32.4 Å². The molecule has 1 saturated heterocycles. The van der Waals surface area contributed by atoms with Gasteiger partial charge in [0.05, 0.1) is 41.6 Å². The Labute approximate surface area is 206 Å². The predicted molar refractivity (Wildman–Crippen MR) is 130 cm³/mol. The molecule has 7 nitrogen and oxygen atoms in total. The third kappa shape index (κ3) is 4.24. The fourth-order valence-corrected chi connectivity index (χ4v) is 4.60. The number of methoxy groups -OCH3 is 1. The van der Waals surface area contributed by atoms with Gasteiger partial charge in [0.1, 0.15) is 11.5 Å². The zero-order valence-electron chi connectivity index (χ0n) is 18.7. The van der Waals surface area contributed by atoms with E-state index in [9.17, 15) is 14.7 Å². The third-order valence-electron chi connectivity index (χ3n) is 5.65. The van der Waals surface area contributed by atoms with Crippen LogP contribution in [0.25, 0.3) is 5.76 Å². The first-order valence-electron chi connectivity index (χ1n) is 10.3. The van der Waals surface area contributed by atoms with E-state index < -0.39 is 17.7 Å². The summed E-state index contributed by atoms with van der Waals surface area (Å²) in [4.78, 5) is 29.6. The number of amides is 1. The van der Waals surface area contributed by atoms with Crippen molar-refractivity contribution in [1.29, 1.82) is 0 Å². The van der Waals surface area contributed by atoms with Gasteiger partial charge in [-0.2, -0.15) is 0 Å². The number of carbonyl (C=O) groups excluding carboxylic acids is 2. The van der Waals surface area contributed by atoms with Gasteiger partial charge in [-0.1, -0.05) is 35.3 Å². The van der Waals surface area contributed by atoms with Gasteiger partial charge >= 0.3 is 0 Å². The van der Waals surface area contributed by atoms with Crippen LogP contribution in [0.5, 0.6) is 5.75 Å². The summed E-state index contributed by atoms with van der Waals surface area (Å²) in [6.07, 6.45) is 1.49. The standard InChI is InChI=1S/C25H22Cl2N2O5/c1-28(2)16-8-6-14(7-9-16)21-20(22(30)15-11-18(26)24(33-3)19(27)12-15)23(31)25(32)29(21)13-17-5-4-10-34-17/h4-12,21,30H,13H2,1-3H3/b22-20+. The molecule has 2 aromatic carbocycles. The molecular weight excluding hydrogens is 479 g/mol. The van der Waals surface area contributed by atoms with Gasteiger partial charge in [0.15, 0.2) is 5.75 Å². The number of benzene rings is 2. The molecular formula is C25H22Cl2N2O5. The number of aliphatic hydroxyl groups excluding tert-OH is 1. The van der Waals surface area contributed by atoms with E-state index in [-0.39, 0.29) is 39.2 Å². The molecule has 1 unspecified atom stereocenters. The fraction of sp³-hybridized carbons (Fsp3) is 0.200. The quantitative estimate of drug-likeness (QED) is 0.281. The van der Waals surface area contributed by atoms with E-state index in [2.05, 4.69) is 0 Å². The van der Waals surface area contributed by atoms with Crippen LogP contribution < -0.4 is 9.64 Å². The molecule has 1 N–H and O–H groups in total. The number of hydrogen-bond donors (Lipinski definition) is 1. The summed E-state index contributed by atoms with van der Waals surface area (Å²) in [5, 5.41) is 11.6. The van der Waals surface area contributed by atoms with Crippen molar-refractivity contribution in [1.82, 2.24) is 4.90 Å². The molecule has 1 aromatic heterocycles. The predicted octanol–water partition coefficient (Wildman–Crippen LogP) is 5.28. The second kappa shape index (κ2) is 9.44. The summed E-state index contributed by atoms with van der Waals surface area (Å²) < 4.78 is 10.6. The number of hydrogen-bond acceptors (Lipinski definition) is 6. The summed E-state index contributed by atoms with van der Waals surface area (Å²) in [5.41, 5.74) is 1.73. The average Bonchev–Trinajstić information content (AvgIpc) is 3.41. The number of aliphatic hydroxyl groups is 1. The zero-order chi connectivity index (χ0) is 24.6. The summed E-state index contributed by atoms with van der Waals surface area (Å²) in [5.74, 6) is -1.19. The first-order valence-corrected chi connectivity index (χ1v) is 11.1. The Morgan fingerprint density at radius 3 is 2.29 bits per heavy atom. The Balaban J connectivity index is 1.88. The second-order valence-electron chi connectivity index (χ2n) is 7.97. The normalized spacial score (nSPS) is 17.3. The van der Waals surface area contributed by atoms with Crippen molar-refractivity contribution >= 4 is 46.3 Å². The van der Waals surface area contributed by atoms with Crippen LogP contribution in [0.15, 0.2) is 64.8 Å². The van der Waals surface area contributed by atoms with Gasteiger partial charge in [0.2, 0.25) is 0 Å². The third-order valence-corrected chi connectivity index (χ3v) is 6.21. The lowest BCUT2D eigenvalue weighted by Gasteiger charge is -2.25. The van der Waals surface area contributed by atoms with Crippen LogP contribution in [0.2, 0.25) is 10.0 Å². The zero-order valence-corrected chi connectivity index (χ0v) is 20.2. The van der Waals surface area contributed by atoms with Crippen LogP contribution in [0.3, 0.4) is 0 Å². The molecule has 1 aliphatic heterocycles. The number of halogens is 2. The first-order chi connectivity index (χ1) is 16.2. The minimum Gasteiger partial charge on any atom is -0.507 e. The Hall–Kier alpha value is -3.42. The van der Waals surface area contributed by atoms with Crippen LogP contribution in [-0.4, -0.2) is 42.9 Å².